The Balaban J connectivity index is 1.22. The maximum atomic E-state index is 14.0. The molecule has 42 heavy (non-hydrogen) atoms. The number of alkyl halides is 3. The Hall–Kier alpha value is -5.31. The van der Waals surface area contributed by atoms with Gasteiger partial charge in [0.25, 0.3) is 11.8 Å². The van der Waals surface area contributed by atoms with Gasteiger partial charge in [0.1, 0.15) is 17.1 Å². The van der Waals surface area contributed by atoms with Crippen molar-refractivity contribution >= 4 is 11.8 Å². The lowest BCUT2D eigenvalue weighted by Gasteiger charge is -2.12. The van der Waals surface area contributed by atoms with Crippen LogP contribution < -0.4 is 10.6 Å². The number of aromatic nitrogens is 5. The maximum Gasteiger partial charge on any atom is 0.422 e. The minimum Gasteiger partial charge on any atom is -0.378 e. The lowest BCUT2D eigenvalue weighted by molar-refractivity contribution is -0.137. The van der Waals surface area contributed by atoms with Crippen LogP contribution in [0.2, 0.25) is 0 Å². The van der Waals surface area contributed by atoms with Gasteiger partial charge >= 0.3 is 6.18 Å². The van der Waals surface area contributed by atoms with Gasteiger partial charge in [-0.3, -0.25) is 9.59 Å². The number of hydrogen-bond acceptors (Lipinski definition) is 9. The Morgan fingerprint density at radius 3 is 2.43 bits per heavy atom. The number of carbonyl (C=O) groups excluding carboxylic acids is 2. The van der Waals surface area contributed by atoms with Gasteiger partial charge in [0, 0.05) is 36.5 Å². The Bertz CT molecular complexity index is 1650. The fourth-order valence-corrected chi connectivity index (χ4v) is 3.95. The largest absolute Gasteiger partial charge is 0.422 e. The molecule has 15 heteroatoms. The average molecular weight is 582 g/mol. The van der Waals surface area contributed by atoms with Gasteiger partial charge in [0.2, 0.25) is 17.5 Å². The van der Waals surface area contributed by atoms with Gasteiger partial charge in [0.15, 0.2) is 6.10 Å². The van der Waals surface area contributed by atoms with Crippen molar-refractivity contribution in [2.75, 3.05) is 6.54 Å². The van der Waals surface area contributed by atoms with E-state index in [-0.39, 0.29) is 42.4 Å². The fourth-order valence-electron chi connectivity index (χ4n) is 3.95. The highest BCUT2D eigenvalue weighted by Crippen LogP contribution is 2.43. The van der Waals surface area contributed by atoms with Crippen LogP contribution in [0.3, 0.4) is 0 Å². The van der Waals surface area contributed by atoms with Gasteiger partial charge in [0.05, 0.1) is 6.54 Å². The number of benzene rings is 2. The van der Waals surface area contributed by atoms with E-state index in [1.807, 2.05) is 0 Å². The zero-order valence-electron chi connectivity index (χ0n) is 21.6. The molecule has 3 heterocycles. The third-order valence-corrected chi connectivity index (χ3v) is 6.04. The van der Waals surface area contributed by atoms with Crippen LogP contribution in [0, 0.1) is 0 Å². The number of carbonyl (C=O) groups is 2. The number of amides is 2. The summed E-state index contributed by atoms with van der Waals surface area (Å²) in [6.07, 6.45) is -3.18. The summed E-state index contributed by atoms with van der Waals surface area (Å²) in [5.41, 5.74) is -0.797. The van der Waals surface area contributed by atoms with Gasteiger partial charge in [-0.05, 0) is 5.56 Å². The predicted octanol–water partition coefficient (Wildman–Crippen LogP) is 3.66. The van der Waals surface area contributed by atoms with Crippen LogP contribution in [-0.2, 0) is 22.3 Å². The molecule has 0 aliphatic carbocycles. The number of halogens is 3. The molecule has 0 spiro atoms. The number of H-pyrrole nitrogens is 1. The van der Waals surface area contributed by atoms with E-state index in [4.69, 9.17) is 9.05 Å². The Morgan fingerprint density at radius 2 is 1.74 bits per heavy atom. The molecule has 0 aliphatic heterocycles. The van der Waals surface area contributed by atoms with Crippen molar-refractivity contribution in [1.29, 1.82) is 0 Å². The molecule has 5 aromatic rings. The molecule has 0 radical (unpaired) electrons. The van der Waals surface area contributed by atoms with Crippen molar-refractivity contribution in [2.24, 2.45) is 0 Å². The second-order valence-electron chi connectivity index (χ2n) is 8.90. The molecule has 1 atom stereocenters. The first kappa shape index (κ1) is 28.2. The zero-order chi connectivity index (χ0) is 29.7. The van der Waals surface area contributed by atoms with Crippen molar-refractivity contribution in [1.82, 2.24) is 35.9 Å². The SMILES string of the molecule is O=C(CCNC(=O)[C@H](O)c1ccc(-c2noc(-c3onc(-c4ccccc4)c3C(F)(F)F)n2)cc1)NCc1ncc[nH]1. The smallest absolute Gasteiger partial charge is 0.378 e. The third kappa shape index (κ3) is 6.36. The molecule has 2 amide bonds. The van der Waals surface area contributed by atoms with E-state index >= 15 is 0 Å². The average Bonchev–Trinajstić information content (AvgIpc) is 3.77. The molecule has 0 bridgehead atoms. The van der Waals surface area contributed by atoms with Crippen LogP contribution >= 0.6 is 0 Å². The van der Waals surface area contributed by atoms with E-state index in [1.54, 1.807) is 30.6 Å². The number of nitrogens with zero attached hydrogens (tertiary/aromatic N) is 4. The van der Waals surface area contributed by atoms with Crippen LogP contribution in [0.5, 0.6) is 0 Å². The molecule has 3 aromatic heterocycles. The molecule has 0 fully saturated rings. The van der Waals surface area contributed by atoms with Crippen molar-refractivity contribution in [3.8, 4) is 34.3 Å². The zero-order valence-corrected chi connectivity index (χ0v) is 21.6. The molecule has 0 unspecified atom stereocenters. The van der Waals surface area contributed by atoms with Crippen LogP contribution in [0.15, 0.2) is 76.0 Å². The minimum absolute atomic E-state index is 0.00284. The first-order chi connectivity index (χ1) is 20.2. The first-order valence-electron chi connectivity index (χ1n) is 12.5. The second kappa shape index (κ2) is 12.1. The van der Waals surface area contributed by atoms with Gasteiger partial charge in [-0.1, -0.05) is 64.9 Å². The quantitative estimate of drug-likeness (QED) is 0.192. The van der Waals surface area contributed by atoms with Crippen molar-refractivity contribution in [3.05, 3.63) is 83.9 Å². The summed E-state index contributed by atoms with van der Waals surface area (Å²) in [5, 5.41) is 22.9. The summed E-state index contributed by atoms with van der Waals surface area (Å²) >= 11 is 0. The van der Waals surface area contributed by atoms with E-state index in [9.17, 15) is 27.9 Å². The number of nitrogens with one attached hydrogen (secondary N) is 3. The van der Waals surface area contributed by atoms with E-state index in [1.165, 1.54) is 36.4 Å². The molecule has 0 saturated heterocycles. The summed E-state index contributed by atoms with van der Waals surface area (Å²) in [5.74, 6) is -1.75. The first-order valence-corrected chi connectivity index (χ1v) is 12.5. The molecule has 0 saturated carbocycles. The fraction of sp³-hybridized carbons (Fsp3) is 0.185. The number of aromatic amines is 1. The lowest BCUT2D eigenvalue weighted by Crippen LogP contribution is -2.33. The monoisotopic (exact) mass is 581 g/mol. The van der Waals surface area contributed by atoms with E-state index in [0.29, 0.717) is 11.4 Å². The van der Waals surface area contributed by atoms with Gasteiger partial charge in [-0.2, -0.15) is 18.2 Å². The highest BCUT2D eigenvalue weighted by Gasteiger charge is 2.43. The number of imidazole rings is 1. The van der Waals surface area contributed by atoms with E-state index < -0.39 is 41.1 Å². The predicted molar refractivity (Wildman–Crippen MR) is 139 cm³/mol. The Morgan fingerprint density at radius 1 is 0.976 bits per heavy atom. The summed E-state index contributed by atoms with van der Waals surface area (Å²) in [7, 11) is 0. The molecule has 5 rings (SSSR count). The molecule has 12 nitrogen and oxygen atoms in total. The van der Waals surface area contributed by atoms with Gasteiger partial charge in [-0.25, -0.2) is 4.98 Å². The standard InChI is InChI=1S/C27H22F3N7O5/c28-27(29,30)20-21(15-4-2-1-3-5-15)36-41-23(20)26-35-24(37-42-26)17-8-6-16(7-9-17)22(39)25(40)33-11-10-19(38)34-14-18-31-12-13-32-18/h1-9,12-13,22,39H,10-11,14H2,(H,31,32)(H,33,40)(H,34,38)/t22-/m1/s1. The van der Waals surface area contributed by atoms with Gasteiger partial charge < -0.3 is 29.8 Å². The number of hydrogen-bond donors (Lipinski definition) is 4. The highest BCUT2D eigenvalue weighted by atomic mass is 19.4. The summed E-state index contributed by atoms with van der Waals surface area (Å²) in [6.45, 7) is 0.213. The molecular weight excluding hydrogens is 559 g/mol. The molecule has 216 valence electrons. The summed E-state index contributed by atoms with van der Waals surface area (Å²) < 4.78 is 51.9. The van der Waals surface area contributed by atoms with Crippen LogP contribution in [-0.4, -0.2) is 48.7 Å². The Labute approximate surface area is 235 Å². The number of rotatable bonds is 10. The minimum atomic E-state index is -4.82. The normalized spacial score (nSPS) is 12.2. The van der Waals surface area contributed by atoms with E-state index in [0.717, 1.165) is 0 Å². The van der Waals surface area contributed by atoms with Crippen LogP contribution in [0.25, 0.3) is 34.3 Å². The van der Waals surface area contributed by atoms with Gasteiger partial charge in [-0.15, -0.1) is 0 Å². The summed E-state index contributed by atoms with van der Waals surface area (Å²) in [6, 6.07) is 13.5. The number of aliphatic hydroxyl groups is 1. The van der Waals surface area contributed by atoms with Crippen LogP contribution in [0.4, 0.5) is 13.2 Å². The van der Waals surface area contributed by atoms with Crippen LogP contribution in [0.1, 0.15) is 29.5 Å². The molecule has 0 aliphatic rings. The molecule has 2 aromatic carbocycles. The maximum absolute atomic E-state index is 14.0. The van der Waals surface area contributed by atoms with Crippen molar-refractivity contribution < 1.29 is 36.9 Å². The second-order valence-corrected chi connectivity index (χ2v) is 8.90. The Kier molecular flexibility index (Phi) is 8.10. The third-order valence-electron chi connectivity index (χ3n) is 6.04. The summed E-state index contributed by atoms with van der Waals surface area (Å²) in [4.78, 5) is 35.1. The van der Waals surface area contributed by atoms with E-state index in [2.05, 4.69) is 35.9 Å². The molecular formula is C27H22F3N7O5. The molecule has 4 N–H and O–H groups in total. The number of aliphatic hydroxyl groups excluding tert-OH is 1. The topological polar surface area (TPSA) is 172 Å². The van der Waals surface area contributed by atoms with Crippen molar-refractivity contribution in [3.63, 3.8) is 0 Å². The highest BCUT2D eigenvalue weighted by molar-refractivity contribution is 5.83. The van der Waals surface area contributed by atoms with Crippen molar-refractivity contribution in [2.45, 2.75) is 25.2 Å². The lowest BCUT2D eigenvalue weighted by atomic mass is 10.1.